The zero-order chi connectivity index (χ0) is 18.0. The first-order valence-electron chi connectivity index (χ1n) is 9.22. The van der Waals surface area contributed by atoms with Crippen molar-refractivity contribution in [3.63, 3.8) is 0 Å². The van der Waals surface area contributed by atoms with E-state index in [1.807, 2.05) is 6.07 Å². The van der Waals surface area contributed by atoms with Crippen molar-refractivity contribution in [2.75, 3.05) is 50.0 Å². The number of nitrogen functional groups attached to an aromatic ring is 1. The molecule has 2 heterocycles. The molecule has 5 heteroatoms. The number of likely N-dealkylation sites (tertiary alicyclic amines) is 1. The molecule has 0 spiro atoms. The van der Waals surface area contributed by atoms with Gasteiger partial charge >= 0.3 is 0 Å². The molecule has 1 saturated heterocycles. The average molecular weight is 364 g/mol. The fourth-order valence-electron chi connectivity index (χ4n) is 3.91. The maximum absolute atomic E-state index is 9.47. The highest BCUT2D eigenvalue weighted by Gasteiger charge is 2.27. The Bertz CT molecular complexity index is 636. The van der Waals surface area contributed by atoms with Crippen LogP contribution in [-0.4, -0.2) is 49.3 Å². The molecule has 2 aliphatic rings. The second-order valence-corrected chi connectivity index (χ2v) is 8.65. The summed E-state index contributed by atoms with van der Waals surface area (Å²) >= 11 is 6.17. The number of hydrogen-bond acceptors (Lipinski definition) is 4. The molecule has 1 fully saturated rings. The Morgan fingerprint density at radius 3 is 2.68 bits per heavy atom. The van der Waals surface area contributed by atoms with Crippen LogP contribution in [0, 0.1) is 11.3 Å². The number of aliphatic hydroxyl groups is 1. The quantitative estimate of drug-likeness (QED) is 0.786. The number of hydrogen-bond donors (Lipinski definition) is 2. The van der Waals surface area contributed by atoms with Crippen LogP contribution in [0.4, 0.5) is 11.4 Å². The number of piperidine rings is 1. The molecule has 3 N–H and O–H groups in total. The van der Waals surface area contributed by atoms with Crippen LogP contribution < -0.4 is 10.6 Å². The predicted octanol–water partition coefficient (Wildman–Crippen LogP) is 3.49. The van der Waals surface area contributed by atoms with E-state index < -0.39 is 0 Å². The number of anilines is 2. The lowest BCUT2D eigenvalue weighted by Gasteiger charge is -2.39. The highest BCUT2D eigenvalue weighted by Crippen LogP contribution is 2.36. The summed E-state index contributed by atoms with van der Waals surface area (Å²) in [6.07, 6.45) is 6.68. The SMILES string of the molecule is CC(C)(CO)CN1CCC(CN2CC=Cc3c2ccc(Cl)c3N)CC1. The van der Waals surface area contributed by atoms with E-state index in [1.54, 1.807) is 0 Å². The molecule has 4 nitrogen and oxygen atoms in total. The summed E-state index contributed by atoms with van der Waals surface area (Å²) in [4.78, 5) is 4.93. The maximum atomic E-state index is 9.47. The van der Waals surface area contributed by atoms with Gasteiger partial charge in [0.25, 0.3) is 0 Å². The van der Waals surface area contributed by atoms with Gasteiger partial charge in [0.15, 0.2) is 0 Å². The number of nitrogens with two attached hydrogens (primary N) is 1. The number of nitrogens with zero attached hydrogens (tertiary/aromatic N) is 2. The smallest absolute Gasteiger partial charge is 0.0643 e. The molecular formula is C20H30ClN3O. The molecule has 0 saturated carbocycles. The molecule has 0 unspecified atom stereocenters. The normalized spacial score (nSPS) is 19.3. The monoisotopic (exact) mass is 363 g/mol. The Kier molecular flexibility index (Phi) is 5.62. The van der Waals surface area contributed by atoms with E-state index in [0.717, 1.165) is 38.3 Å². The molecule has 3 rings (SSSR count). The van der Waals surface area contributed by atoms with Gasteiger partial charge in [0.2, 0.25) is 0 Å². The Morgan fingerprint density at radius 2 is 2.00 bits per heavy atom. The first kappa shape index (κ1) is 18.6. The van der Waals surface area contributed by atoms with Crippen LogP contribution in [0.1, 0.15) is 32.3 Å². The lowest BCUT2D eigenvalue weighted by Crippen LogP contribution is -2.43. The van der Waals surface area contributed by atoms with Gasteiger partial charge < -0.3 is 20.6 Å². The van der Waals surface area contributed by atoms with Crippen molar-refractivity contribution in [1.29, 1.82) is 0 Å². The highest BCUT2D eigenvalue weighted by atomic mass is 35.5. The van der Waals surface area contributed by atoms with Crippen LogP contribution in [0.15, 0.2) is 18.2 Å². The second-order valence-electron chi connectivity index (χ2n) is 8.24. The zero-order valence-corrected chi connectivity index (χ0v) is 16.1. The molecule has 0 atom stereocenters. The number of fused-ring (bicyclic) bond motifs is 1. The minimum atomic E-state index is -0.0137. The molecule has 1 aromatic rings. The van der Waals surface area contributed by atoms with Crippen molar-refractivity contribution < 1.29 is 5.11 Å². The van der Waals surface area contributed by atoms with E-state index in [-0.39, 0.29) is 12.0 Å². The summed E-state index contributed by atoms with van der Waals surface area (Å²) in [7, 11) is 0. The summed E-state index contributed by atoms with van der Waals surface area (Å²) in [5.41, 5.74) is 9.08. The van der Waals surface area contributed by atoms with Crippen LogP contribution in [0.25, 0.3) is 6.08 Å². The number of rotatable bonds is 5. The average Bonchev–Trinajstić information content (AvgIpc) is 2.60. The second kappa shape index (κ2) is 7.56. The fourth-order valence-corrected chi connectivity index (χ4v) is 4.08. The van der Waals surface area contributed by atoms with E-state index in [1.165, 1.54) is 18.5 Å². The van der Waals surface area contributed by atoms with Gasteiger partial charge in [0, 0.05) is 42.9 Å². The summed E-state index contributed by atoms with van der Waals surface area (Å²) in [5.74, 6) is 0.699. The van der Waals surface area contributed by atoms with Crippen LogP contribution in [0.5, 0.6) is 0 Å². The summed E-state index contributed by atoms with van der Waals surface area (Å²) in [5, 5.41) is 10.1. The van der Waals surface area contributed by atoms with Gasteiger partial charge in [-0.05, 0) is 44.0 Å². The maximum Gasteiger partial charge on any atom is 0.0643 e. The van der Waals surface area contributed by atoms with Gasteiger partial charge in [-0.1, -0.05) is 37.6 Å². The molecule has 138 valence electrons. The third kappa shape index (κ3) is 4.30. The van der Waals surface area contributed by atoms with Crippen LogP contribution >= 0.6 is 11.6 Å². The summed E-state index contributed by atoms with van der Waals surface area (Å²) < 4.78 is 0. The van der Waals surface area contributed by atoms with Gasteiger partial charge in [0.1, 0.15) is 0 Å². The molecule has 0 amide bonds. The van der Waals surface area contributed by atoms with Gasteiger partial charge in [-0.25, -0.2) is 0 Å². The lowest BCUT2D eigenvalue weighted by molar-refractivity contribution is 0.0822. The topological polar surface area (TPSA) is 52.7 Å². The third-order valence-electron chi connectivity index (χ3n) is 5.43. The molecule has 1 aromatic carbocycles. The van der Waals surface area contributed by atoms with Gasteiger partial charge in [0.05, 0.1) is 10.7 Å². The first-order valence-corrected chi connectivity index (χ1v) is 9.60. The zero-order valence-electron chi connectivity index (χ0n) is 15.3. The van der Waals surface area contributed by atoms with Crippen molar-refractivity contribution >= 4 is 29.1 Å². The van der Waals surface area contributed by atoms with Gasteiger partial charge in [-0.2, -0.15) is 0 Å². The molecule has 0 bridgehead atoms. The molecule has 0 aliphatic carbocycles. The van der Waals surface area contributed by atoms with E-state index in [9.17, 15) is 5.11 Å². The third-order valence-corrected chi connectivity index (χ3v) is 5.76. The first-order chi connectivity index (χ1) is 11.9. The van der Waals surface area contributed by atoms with E-state index in [4.69, 9.17) is 17.3 Å². The van der Waals surface area contributed by atoms with Crippen LogP contribution in [0.2, 0.25) is 5.02 Å². The van der Waals surface area contributed by atoms with Gasteiger partial charge in [-0.3, -0.25) is 0 Å². The molecule has 0 aromatic heterocycles. The Labute approximate surface area is 156 Å². The van der Waals surface area contributed by atoms with E-state index in [2.05, 4.69) is 41.9 Å². The standard InChI is InChI=1S/C20H30ClN3O/c1-20(2,14-25)13-23-10-7-15(8-11-23)12-24-9-3-4-16-18(24)6-5-17(21)19(16)22/h3-6,15,25H,7-14,22H2,1-2H3. The number of benzene rings is 1. The van der Waals surface area contributed by atoms with Crippen molar-refractivity contribution in [1.82, 2.24) is 4.90 Å². The Morgan fingerprint density at radius 1 is 1.28 bits per heavy atom. The van der Waals surface area contributed by atoms with Crippen LogP contribution in [0.3, 0.4) is 0 Å². The number of aliphatic hydroxyl groups excluding tert-OH is 1. The largest absolute Gasteiger partial charge is 0.397 e. The van der Waals surface area contributed by atoms with Crippen LogP contribution in [-0.2, 0) is 0 Å². The predicted molar refractivity (Wildman–Crippen MR) is 107 cm³/mol. The molecule has 0 radical (unpaired) electrons. The summed E-state index contributed by atoms with van der Waals surface area (Å²) in [6, 6.07) is 4.00. The molecule has 2 aliphatic heterocycles. The minimum Gasteiger partial charge on any atom is -0.397 e. The van der Waals surface area contributed by atoms with E-state index >= 15 is 0 Å². The summed E-state index contributed by atoms with van der Waals surface area (Å²) in [6.45, 7) is 9.72. The minimum absolute atomic E-state index is 0.0137. The van der Waals surface area contributed by atoms with Crippen molar-refractivity contribution in [3.05, 3.63) is 28.8 Å². The molecule has 25 heavy (non-hydrogen) atoms. The van der Waals surface area contributed by atoms with Crippen molar-refractivity contribution in [2.45, 2.75) is 26.7 Å². The van der Waals surface area contributed by atoms with E-state index in [0.29, 0.717) is 16.6 Å². The molecular weight excluding hydrogens is 334 g/mol. The number of halogens is 1. The Balaban J connectivity index is 1.59. The van der Waals surface area contributed by atoms with Crippen molar-refractivity contribution in [2.24, 2.45) is 11.3 Å². The van der Waals surface area contributed by atoms with Gasteiger partial charge in [-0.15, -0.1) is 0 Å². The lowest BCUT2D eigenvalue weighted by atomic mass is 9.90. The van der Waals surface area contributed by atoms with Crippen molar-refractivity contribution in [3.8, 4) is 0 Å². The fraction of sp³-hybridized carbons (Fsp3) is 0.600. The highest BCUT2D eigenvalue weighted by molar-refractivity contribution is 6.33. The Hall–Kier alpha value is -1.23.